The van der Waals surface area contributed by atoms with Gasteiger partial charge in [-0.3, -0.25) is 9.59 Å². The van der Waals surface area contributed by atoms with E-state index in [1.54, 1.807) is 6.92 Å². The van der Waals surface area contributed by atoms with Crippen LogP contribution in [-0.2, 0) is 4.79 Å². The SMILES string of the molecule is CC(=O)c1cc(F)ccc1OC(C)C(=O)NCCC(C)C. The van der Waals surface area contributed by atoms with Crippen LogP contribution in [-0.4, -0.2) is 24.3 Å². The van der Waals surface area contributed by atoms with Crippen molar-refractivity contribution >= 4 is 11.7 Å². The molecule has 5 heteroatoms. The smallest absolute Gasteiger partial charge is 0.260 e. The van der Waals surface area contributed by atoms with Crippen molar-refractivity contribution in [2.45, 2.75) is 40.2 Å². The number of hydrogen-bond donors (Lipinski definition) is 1. The number of carbonyl (C=O) groups is 2. The number of carbonyl (C=O) groups excluding carboxylic acids is 2. The van der Waals surface area contributed by atoms with E-state index in [4.69, 9.17) is 4.74 Å². The number of benzene rings is 1. The molecule has 0 aliphatic carbocycles. The van der Waals surface area contributed by atoms with Crippen molar-refractivity contribution in [2.75, 3.05) is 6.54 Å². The van der Waals surface area contributed by atoms with E-state index in [1.165, 1.54) is 19.1 Å². The zero-order valence-electron chi connectivity index (χ0n) is 12.9. The Morgan fingerprint density at radius 1 is 1.29 bits per heavy atom. The minimum absolute atomic E-state index is 0.136. The second-order valence-electron chi connectivity index (χ2n) is 5.43. The van der Waals surface area contributed by atoms with E-state index in [2.05, 4.69) is 19.2 Å². The van der Waals surface area contributed by atoms with Gasteiger partial charge in [0, 0.05) is 6.54 Å². The molecule has 0 aromatic heterocycles. The molecule has 0 aliphatic heterocycles. The number of rotatable bonds is 7. The van der Waals surface area contributed by atoms with E-state index >= 15 is 0 Å². The first-order chi connectivity index (χ1) is 9.81. The number of nitrogens with one attached hydrogen (secondary N) is 1. The van der Waals surface area contributed by atoms with Gasteiger partial charge in [0.15, 0.2) is 11.9 Å². The summed E-state index contributed by atoms with van der Waals surface area (Å²) in [6.07, 6.45) is 0.133. The topological polar surface area (TPSA) is 55.4 Å². The molecule has 1 amide bonds. The van der Waals surface area contributed by atoms with Crippen LogP contribution in [0.4, 0.5) is 4.39 Å². The van der Waals surface area contributed by atoms with Crippen molar-refractivity contribution in [3.63, 3.8) is 0 Å². The maximum absolute atomic E-state index is 13.2. The van der Waals surface area contributed by atoms with Crippen molar-refractivity contribution in [3.8, 4) is 5.75 Å². The molecule has 0 spiro atoms. The zero-order chi connectivity index (χ0) is 16.0. The Morgan fingerprint density at radius 3 is 2.52 bits per heavy atom. The highest BCUT2D eigenvalue weighted by molar-refractivity contribution is 5.97. The Kier molecular flexibility index (Phi) is 6.34. The van der Waals surface area contributed by atoms with Gasteiger partial charge >= 0.3 is 0 Å². The fraction of sp³-hybridized carbons (Fsp3) is 0.500. The minimum Gasteiger partial charge on any atom is -0.480 e. The van der Waals surface area contributed by atoms with Crippen LogP contribution in [0.25, 0.3) is 0 Å². The van der Waals surface area contributed by atoms with Crippen LogP contribution < -0.4 is 10.1 Å². The Balaban J connectivity index is 2.68. The summed E-state index contributed by atoms with van der Waals surface area (Å²) in [5.41, 5.74) is 0.136. The molecule has 21 heavy (non-hydrogen) atoms. The van der Waals surface area contributed by atoms with Gasteiger partial charge in [0.1, 0.15) is 11.6 Å². The van der Waals surface area contributed by atoms with Gasteiger partial charge in [0.25, 0.3) is 5.91 Å². The first kappa shape index (κ1) is 17.1. The van der Waals surface area contributed by atoms with E-state index in [0.717, 1.165) is 12.5 Å². The normalized spacial score (nSPS) is 12.1. The second-order valence-corrected chi connectivity index (χ2v) is 5.43. The van der Waals surface area contributed by atoms with Crippen molar-refractivity contribution in [1.29, 1.82) is 0 Å². The molecule has 0 radical (unpaired) electrons. The largest absolute Gasteiger partial charge is 0.480 e. The van der Waals surface area contributed by atoms with Crippen LogP contribution in [0.3, 0.4) is 0 Å². The highest BCUT2D eigenvalue weighted by Crippen LogP contribution is 2.21. The number of halogens is 1. The lowest BCUT2D eigenvalue weighted by Gasteiger charge is -2.17. The molecule has 0 saturated heterocycles. The average molecular weight is 295 g/mol. The quantitative estimate of drug-likeness (QED) is 0.787. The Bertz CT molecular complexity index is 514. The summed E-state index contributed by atoms with van der Waals surface area (Å²) in [7, 11) is 0. The molecule has 4 nitrogen and oxygen atoms in total. The molecule has 1 rings (SSSR count). The molecule has 0 bridgehead atoms. The van der Waals surface area contributed by atoms with Crippen molar-refractivity contribution in [1.82, 2.24) is 5.32 Å². The summed E-state index contributed by atoms with van der Waals surface area (Å²) in [5.74, 6) is -0.355. The molecule has 0 saturated carbocycles. The number of amides is 1. The van der Waals surface area contributed by atoms with Gasteiger partial charge < -0.3 is 10.1 Å². The van der Waals surface area contributed by atoms with Gasteiger partial charge in [-0.25, -0.2) is 4.39 Å². The van der Waals surface area contributed by atoms with Crippen LogP contribution in [0.5, 0.6) is 5.75 Å². The third kappa shape index (κ3) is 5.53. The monoisotopic (exact) mass is 295 g/mol. The highest BCUT2D eigenvalue weighted by Gasteiger charge is 2.18. The summed E-state index contributed by atoms with van der Waals surface area (Å²) in [6, 6.07) is 3.68. The van der Waals surface area contributed by atoms with Gasteiger partial charge in [-0.2, -0.15) is 0 Å². The molecular formula is C16H22FNO3. The first-order valence-electron chi connectivity index (χ1n) is 7.06. The third-order valence-corrected chi connectivity index (χ3v) is 3.01. The lowest BCUT2D eigenvalue weighted by atomic mass is 10.1. The molecule has 1 aromatic carbocycles. The highest BCUT2D eigenvalue weighted by atomic mass is 19.1. The number of ether oxygens (including phenoxy) is 1. The van der Waals surface area contributed by atoms with E-state index in [9.17, 15) is 14.0 Å². The average Bonchev–Trinajstić information content (AvgIpc) is 2.39. The third-order valence-electron chi connectivity index (χ3n) is 3.01. The molecular weight excluding hydrogens is 273 g/mol. The van der Waals surface area contributed by atoms with Crippen LogP contribution in [0.15, 0.2) is 18.2 Å². The lowest BCUT2D eigenvalue weighted by Crippen LogP contribution is -2.37. The van der Waals surface area contributed by atoms with E-state index in [-0.39, 0.29) is 23.0 Å². The van der Waals surface area contributed by atoms with Crippen molar-refractivity contribution in [3.05, 3.63) is 29.6 Å². The van der Waals surface area contributed by atoms with Crippen LogP contribution >= 0.6 is 0 Å². The zero-order valence-corrected chi connectivity index (χ0v) is 12.9. The van der Waals surface area contributed by atoms with Gasteiger partial charge in [-0.1, -0.05) is 13.8 Å². The second kappa shape index (κ2) is 7.76. The van der Waals surface area contributed by atoms with E-state index in [0.29, 0.717) is 12.5 Å². The van der Waals surface area contributed by atoms with Crippen molar-refractivity contribution in [2.24, 2.45) is 5.92 Å². The Hall–Kier alpha value is -1.91. The summed E-state index contributed by atoms with van der Waals surface area (Å²) < 4.78 is 18.6. The molecule has 1 atom stereocenters. The van der Waals surface area contributed by atoms with E-state index in [1.807, 2.05) is 0 Å². The maximum atomic E-state index is 13.2. The standard InChI is InChI=1S/C16H22FNO3/c1-10(2)7-8-18-16(20)12(4)21-15-6-5-13(17)9-14(15)11(3)19/h5-6,9-10,12H,7-8H2,1-4H3,(H,18,20). The fourth-order valence-corrected chi connectivity index (χ4v) is 1.75. The molecule has 1 aromatic rings. The van der Waals surface area contributed by atoms with Gasteiger partial charge in [0.05, 0.1) is 5.56 Å². The predicted octanol–water partition coefficient (Wildman–Crippen LogP) is 2.96. The predicted molar refractivity (Wildman–Crippen MR) is 79.0 cm³/mol. The molecule has 0 heterocycles. The molecule has 1 unspecified atom stereocenters. The lowest BCUT2D eigenvalue weighted by molar-refractivity contribution is -0.127. The molecule has 0 fully saturated rings. The number of ketones is 1. The fourth-order valence-electron chi connectivity index (χ4n) is 1.75. The van der Waals surface area contributed by atoms with Gasteiger partial charge in [-0.05, 0) is 44.4 Å². The van der Waals surface area contributed by atoms with Crippen molar-refractivity contribution < 1.29 is 18.7 Å². The van der Waals surface area contributed by atoms with Crippen LogP contribution in [0, 0.1) is 11.7 Å². The number of hydrogen-bond acceptors (Lipinski definition) is 3. The summed E-state index contributed by atoms with van der Waals surface area (Å²) in [5, 5.41) is 2.77. The molecule has 116 valence electrons. The first-order valence-corrected chi connectivity index (χ1v) is 7.06. The maximum Gasteiger partial charge on any atom is 0.260 e. The molecule has 0 aliphatic rings. The van der Waals surface area contributed by atoms with Gasteiger partial charge in [-0.15, -0.1) is 0 Å². The number of Topliss-reactive ketones (excluding diaryl/α,β-unsaturated/α-hetero) is 1. The Labute approximate surface area is 124 Å². The molecule has 1 N–H and O–H groups in total. The van der Waals surface area contributed by atoms with Gasteiger partial charge in [0.2, 0.25) is 0 Å². The summed E-state index contributed by atoms with van der Waals surface area (Å²) in [4.78, 5) is 23.4. The summed E-state index contributed by atoms with van der Waals surface area (Å²) >= 11 is 0. The van der Waals surface area contributed by atoms with Crippen LogP contribution in [0.2, 0.25) is 0 Å². The van der Waals surface area contributed by atoms with E-state index < -0.39 is 11.9 Å². The van der Waals surface area contributed by atoms with Crippen LogP contribution in [0.1, 0.15) is 44.5 Å². The Morgan fingerprint density at radius 2 is 1.95 bits per heavy atom. The minimum atomic E-state index is -0.749. The summed E-state index contributed by atoms with van der Waals surface area (Å²) in [6.45, 7) is 7.65.